The molecule has 0 spiro atoms. The molecule has 0 unspecified atom stereocenters. The zero-order valence-electron chi connectivity index (χ0n) is 12.4. The van der Waals surface area contributed by atoms with Gasteiger partial charge in [-0.1, -0.05) is 5.21 Å². The van der Waals surface area contributed by atoms with E-state index in [4.69, 9.17) is 0 Å². The number of fused-ring (bicyclic) bond motifs is 1. The Balaban J connectivity index is 1.50. The summed E-state index contributed by atoms with van der Waals surface area (Å²) in [6, 6.07) is 5.89. The van der Waals surface area contributed by atoms with Gasteiger partial charge in [-0.3, -0.25) is 10.00 Å². The van der Waals surface area contributed by atoms with E-state index in [1.807, 2.05) is 24.4 Å². The molecule has 0 saturated carbocycles. The zero-order valence-corrected chi connectivity index (χ0v) is 13.2. The second kappa shape index (κ2) is 5.43. The lowest BCUT2D eigenvalue weighted by Crippen LogP contribution is -2.39. The third-order valence-electron chi connectivity index (χ3n) is 4.05. The first-order chi connectivity index (χ1) is 11.1. The Morgan fingerprint density at radius 3 is 2.87 bits per heavy atom. The van der Waals surface area contributed by atoms with E-state index >= 15 is 0 Å². The Morgan fingerprint density at radius 2 is 2.04 bits per heavy atom. The highest BCUT2D eigenvalue weighted by Gasteiger charge is 2.22. The van der Waals surface area contributed by atoms with Gasteiger partial charge in [-0.15, -0.1) is 5.10 Å². The van der Waals surface area contributed by atoms with Crippen molar-refractivity contribution in [3.63, 3.8) is 0 Å². The van der Waals surface area contributed by atoms with E-state index < -0.39 is 9.84 Å². The van der Waals surface area contributed by atoms with Crippen LogP contribution in [-0.2, 0) is 16.4 Å². The standard InChI is InChI=1S/C14H16N6O2S/c21-23(22)5-3-19(4-6-23)9-12-10-20(18-16-12)13-1-2-14-11(7-13)8-15-17-14/h1-2,7-8,10H,3-6,9H2,(H,15,17). The summed E-state index contributed by atoms with van der Waals surface area (Å²) >= 11 is 0. The molecule has 120 valence electrons. The number of hydrogen-bond acceptors (Lipinski definition) is 6. The molecule has 1 N–H and O–H groups in total. The van der Waals surface area contributed by atoms with E-state index in [1.54, 1.807) is 10.9 Å². The van der Waals surface area contributed by atoms with E-state index in [1.165, 1.54) is 0 Å². The summed E-state index contributed by atoms with van der Waals surface area (Å²) in [6.07, 6.45) is 3.65. The number of H-pyrrole nitrogens is 1. The van der Waals surface area contributed by atoms with Gasteiger partial charge in [-0.05, 0) is 18.2 Å². The number of hydrogen-bond donors (Lipinski definition) is 1. The maximum absolute atomic E-state index is 11.5. The van der Waals surface area contributed by atoms with Crippen LogP contribution < -0.4 is 0 Å². The predicted molar refractivity (Wildman–Crippen MR) is 84.9 cm³/mol. The molecule has 3 heterocycles. The van der Waals surface area contributed by atoms with Gasteiger partial charge < -0.3 is 0 Å². The number of nitrogens with zero attached hydrogens (tertiary/aromatic N) is 5. The van der Waals surface area contributed by atoms with Gasteiger partial charge in [0.15, 0.2) is 9.84 Å². The smallest absolute Gasteiger partial charge is 0.152 e. The van der Waals surface area contributed by atoms with Crippen LogP contribution in [0.5, 0.6) is 0 Å². The topological polar surface area (TPSA) is 96.8 Å². The van der Waals surface area contributed by atoms with Gasteiger partial charge in [0, 0.05) is 25.0 Å². The molecule has 2 aromatic heterocycles. The van der Waals surface area contributed by atoms with Crippen molar-refractivity contribution < 1.29 is 8.42 Å². The van der Waals surface area contributed by atoms with Crippen molar-refractivity contribution in [2.45, 2.75) is 6.54 Å². The van der Waals surface area contributed by atoms with Gasteiger partial charge in [0.2, 0.25) is 0 Å². The minimum absolute atomic E-state index is 0.221. The monoisotopic (exact) mass is 332 g/mol. The van der Waals surface area contributed by atoms with Gasteiger partial charge >= 0.3 is 0 Å². The van der Waals surface area contributed by atoms with Crippen LogP contribution in [-0.4, -0.2) is 63.1 Å². The first-order valence-corrected chi connectivity index (χ1v) is 9.19. The first-order valence-electron chi connectivity index (χ1n) is 7.37. The molecule has 0 radical (unpaired) electrons. The Kier molecular flexibility index (Phi) is 3.38. The van der Waals surface area contributed by atoms with E-state index in [9.17, 15) is 8.42 Å². The number of sulfone groups is 1. The Morgan fingerprint density at radius 1 is 1.22 bits per heavy atom. The van der Waals surface area contributed by atoms with Crippen LogP contribution in [0.15, 0.2) is 30.6 Å². The van der Waals surface area contributed by atoms with E-state index in [0.29, 0.717) is 19.6 Å². The lowest BCUT2D eigenvalue weighted by Gasteiger charge is -2.25. The molecular formula is C14H16N6O2S. The molecule has 9 heteroatoms. The van der Waals surface area contributed by atoms with Gasteiger partial charge in [-0.25, -0.2) is 13.1 Å². The normalized spacial score (nSPS) is 18.4. The molecule has 23 heavy (non-hydrogen) atoms. The zero-order chi connectivity index (χ0) is 15.9. The van der Waals surface area contributed by atoms with Gasteiger partial charge in [0.05, 0.1) is 40.8 Å². The number of aromatic nitrogens is 5. The highest BCUT2D eigenvalue weighted by atomic mass is 32.2. The molecule has 8 nitrogen and oxygen atoms in total. The van der Waals surface area contributed by atoms with Gasteiger partial charge in [0.25, 0.3) is 0 Å². The van der Waals surface area contributed by atoms with Crippen molar-refractivity contribution in [1.29, 1.82) is 0 Å². The van der Waals surface area contributed by atoms with Crippen LogP contribution in [0.4, 0.5) is 0 Å². The minimum Gasteiger partial charge on any atom is -0.295 e. The van der Waals surface area contributed by atoms with Crippen molar-refractivity contribution in [2.75, 3.05) is 24.6 Å². The predicted octanol–water partition coefficient (Wildman–Crippen LogP) is 0.374. The van der Waals surface area contributed by atoms with Crippen LogP contribution in [0.3, 0.4) is 0 Å². The summed E-state index contributed by atoms with van der Waals surface area (Å²) in [5.41, 5.74) is 2.72. The molecule has 1 aliphatic rings. The Labute approximate surface area is 133 Å². The van der Waals surface area contributed by atoms with Crippen LogP contribution in [0.25, 0.3) is 16.6 Å². The molecule has 3 aromatic rings. The first kappa shape index (κ1) is 14.3. The van der Waals surface area contributed by atoms with Crippen LogP contribution >= 0.6 is 0 Å². The SMILES string of the molecule is O=S1(=O)CCN(Cc2cn(-c3ccc4[nH]ncc4c3)nn2)CC1. The largest absolute Gasteiger partial charge is 0.295 e. The molecule has 1 fully saturated rings. The molecule has 0 bridgehead atoms. The summed E-state index contributed by atoms with van der Waals surface area (Å²) in [5.74, 6) is 0.441. The summed E-state index contributed by atoms with van der Waals surface area (Å²) in [5, 5.41) is 16.3. The van der Waals surface area contributed by atoms with Gasteiger partial charge in [-0.2, -0.15) is 5.10 Å². The number of nitrogens with one attached hydrogen (secondary N) is 1. The highest BCUT2D eigenvalue weighted by molar-refractivity contribution is 7.91. The lowest BCUT2D eigenvalue weighted by molar-refractivity contribution is 0.284. The number of rotatable bonds is 3. The second-order valence-corrected chi connectivity index (χ2v) is 8.03. The Hall–Kier alpha value is -2.26. The average Bonchev–Trinajstić information content (AvgIpc) is 3.17. The Bertz CT molecular complexity index is 931. The molecule has 0 aliphatic carbocycles. The quantitative estimate of drug-likeness (QED) is 0.744. The van der Waals surface area contributed by atoms with E-state index in [0.717, 1.165) is 22.3 Å². The van der Waals surface area contributed by atoms with Crippen molar-refractivity contribution >= 4 is 20.7 Å². The molecule has 0 atom stereocenters. The lowest BCUT2D eigenvalue weighted by atomic mass is 10.2. The van der Waals surface area contributed by atoms with Crippen LogP contribution in [0.1, 0.15) is 5.69 Å². The maximum atomic E-state index is 11.5. The van der Waals surface area contributed by atoms with Crippen LogP contribution in [0.2, 0.25) is 0 Å². The van der Waals surface area contributed by atoms with Crippen LogP contribution in [0, 0.1) is 0 Å². The molecule has 0 amide bonds. The van der Waals surface area contributed by atoms with Crippen molar-refractivity contribution in [3.05, 3.63) is 36.3 Å². The molecule has 1 saturated heterocycles. The minimum atomic E-state index is -2.85. The third kappa shape index (κ3) is 2.97. The molecule has 4 rings (SSSR count). The van der Waals surface area contributed by atoms with Crippen molar-refractivity contribution in [2.24, 2.45) is 0 Å². The fraction of sp³-hybridized carbons (Fsp3) is 0.357. The fourth-order valence-corrected chi connectivity index (χ4v) is 3.98. The van der Waals surface area contributed by atoms with Crippen molar-refractivity contribution in [3.8, 4) is 5.69 Å². The average molecular weight is 332 g/mol. The maximum Gasteiger partial charge on any atom is 0.152 e. The van der Waals surface area contributed by atoms with Crippen molar-refractivity contribution in [1.82, 2.24) is 30.1 Å². The summed E-state index contributed by atoms with van der Waals surface area (Å²) < 4.78 is 24.6. The van der Waals surface area contributed by atoms with E-state index in [-0.39, 0.29) is 11.5 Å². The summed E-state index contributed by atoms with van der Waals surface area (Å²) in [7, 11) is -2.85. The molecule has 1 aromatic carbocycles. The fourth-order valence-electron chi connectivity index (χ4n) is 2.71. The highest BCUT2D eigenvalue weighted by Crippen LogP contribution is 2.16. The third-order valence-corrected chi connectivity index (χ3v) is 5.66. The van der Waals surface area contributed by atoms with Gasteiger partial charge in [0.1, 0.15) is 0 Å². The number of benzene rings is 1. The van der Waals surface area contributed by atoms with E-state index in [2.05, 4.69) is 25.4 Å². The molecule has 1 aliphatic heterocycles. The number of aromatic amines is 1. The summed E-state index contributed by atoms with van der Waals surface area (Å²) in [4.78, 5) is 2.09. The second-order valence-electron chi connectivity index (χ2n) is 5.72. The summed E-state index contributed by atoms with van der Waals surface area (Å²) in [6.45, 7) is 1.72. The molecular weight excluding hydrogens is 316 g/mol.